The number of amides is 1. The first kappa shape index (κ1) is 30.2. The van der Waals surface area contributed by atoms with Gasteiger partial charge in [-0.3, -0.25) is 14.7 Å². The van der Waals surface area contributed by atoms with Crippen LogP contribution in [0.4, 0.5) is 23.0 Å². The van der Waals surface area contributed by atoms with Gasteiger partial charge in [-0.2, -0.15) is 0 Å². The average molecular weight is 600 g/mol. The molecule has 0 radical (unpaired) electrons. The first-order chi connectivity index (χ1) is 21.5. The van der Waals surface area contributed by atoms with Crippen LogP contribution < -0.4 is 21.3 Å². The van der Waals surface area contributed by atoms with Gasteiger partial charge < -0.3 is 30.9 Å². The summed E-state index contributed by atoms with van der Waals surface area (Å²) in [6, 6.07) is 13.0. The predicted molar refractivity (Wildman–Crippen MR) is 174 cm³/mol. The lowest BCUT2D eigenvalue weighted by Crippen LogP contribution is -2.52. The van der Waals surface area contributed by atoms with E-state index in [-0.39, 0.29) is 11.7 Å². The molecule has 4 N–H and O–H groups in total. The highest BCUT2D eigenvalue weighted by Crippen LogP contribution is 2.32. The smallest absolute Gasteiger partial charge is 0.271 e. The lowest BCUT2D eigenvalue weighted by Gasteiger charge is -2.42. The molecule has 0 unspecified atom stereocenters. The summed E-state index contributed by atoms with van der Waals surface area (Å²) >= 11 is 0. The minimum absolute atomic E-state index is 0.0977. The summed E-state index contributed by atoms with van der Waals surface area (Å²) in [5.41, 5.74) is 9.35. The summed E-state index contributed by atoms with van der Waals surface area (Å²) in [4.78, 5) is 34.0. The van der Waals surface area contributed by atoms with Crippen LogP contribution in [0.2, 0.25) is 0 Å². The number of ether oxygens (including phenoxy) is 1. The molecule has 6 rings (SSSR count). The van der Waals surface area contributed by atoms with Gasteiger partial charge in [0.25, 0.3) is 5.91 Å². The highest BCUT2D eigenvalue weighted by molar-refractivity contribution is 5.97. The summed E-state index contributed by atoms with van der Waals surface area (Å²) in [5, 5.41) is 6.95. The number of methoxy groups -OCH3 is 1. The molecular formula is C33H45N9O2. The third-order valence-electron chi connectivity index (χ3n) is 9.45. The molecule has 0 spiro atoms. The number of carbonyl (C=O) groups is 1. The maximum absolute atomic E-state index is 12.6. The highest BCUT2D eigenvalue weighted by Gasteiger charge is 2.27. The predicted octanol–water partition coefficient (Wildman–Crippen LogP) is 3.97. The van der Waals surface area contributed by atoms with Gasteiger partial charge in [-0.15, -0.1) is 0 Å². The average Bonchev–Trinajstić information content (AvgIpc) is 3.06. The number of nitrogens with zero attached hydrogens (tertiary/aromatic N) is 6. The molecule has 1 aromatic carbocycles. The van der Waals surface area contributed by atoms with Crippen LogP contribution >= 0.6 is 0 Å². The van der Waals surface area contributed by atoms with Gasteiger partial charge in [0.2, 0.25) is 0 Å². The van der Waals surface area contributed by atoms with Gasteiger partial charge in [-0.1, -0.05) is 0 Å². The van der Waals surface area contributed by atoms with E-state index in [0.717, 1.165) is 63.1 Å². The van der Waals surface area contributed by atoms with E-state index in [1.54, 1.807) is 19.5 Å². The summed E-state index contributed by atoms with van der Waals surface area (Å²) in [5.74, 6) is 0.316. The number of likely N-dealkylation sites (N-methyl/N-ethyl adjacent to an activating group) is 1. The fraction of sp³-hybridized carbons (Fsp3) is 0.515. The number of aromatic nitrogens is 3. The molecule has 2 aliphatic heterocycles. The van der Waals surface area contributed by atoms with Crippen LogP contribution in [0.1, 0.15) is 49.0 Å². The summed E-state index contributed by atoms with van der Waals surface area (Å²) in [7, 11) is 3.98. The Morgan fingerprint density at radius 1 is 0.864 bits per heavy atom. The third kappa shape index (κ3) is 7.11. The zero-order valence-electron chi connectivity index (χ0n) is 25.9. The van der Waals surface area contributed by atoms with Crippen molar-refractivity contribution in [3.8, 4) is 11.3 Å². The lowest BCUT2D eigenvalue weighted by atomic mass is 9.93. The minimum Gasteiger partial charge on any atom is -0.381 e. The first-order valence-electron chi connectivity index (χ1n) is 15.9. The van der Waals surface area contributed by atoms with E-state index in [9.17, 15) is 4.79 Å². The molecule has 3 aromatic rings. The molecule has 234 valence electrons. The van der Waals surface area contributed by atoms with Crippen LogP contribution in [0.3, 0.4) is 0 Å². The van der Waals surface area contributed by atoms with Crippen LogP contribution in [-0.2, 0) is 4.74 Å². The number of rotatable bonds is 9. The van der Waals surface area contributed by atoms with Crippen LogP contribution in [0.5, 0.6) is 0 Å². The van der Waals surface area contributed by atoms with Gasteiger partial charge in [0.15, 0.2) is 17.3 Å². The third-order valence-corrected chi connectivity index (χ3v) is 9.45. The molecule has 2 saturated heterocycles. The topological polar surface area (TPSA) is 125 Å². The van der Waals surface area contributed by atoms with Gasteiger partial charge in [-0.25, -0.2) is 9.97 Å². The van der Waals surface area contributed by atoms with Crippen LogP contribution in [-0.4, -0.2) is 102 Å². The molecule has 2 aromatic heterocycles. The van der Waals surface area contributed by atoms with Crippen molar-refractivity contribution in [2.45, 2.75) is 56.7 Å². The molecule has 0 bridgehead atoms. The number of piperazine rings is 1. The Morgan fingerprint density at radius 3 is 2.18 bits per heavy atom. The summed E-state index contributed by atoms with van der Waals surface area (Å²) < 4.78 is 5.56. The van der Waals surface area contributed by atoms with E-state index in [0.29, 0.717) is 29.5 Å². The minimum atomic E-state index is -0.637. The lowest BCUT2D eigenvalue weighted by molar-refractivity contribution is 0.0681. The van der Waals surface area contributed by atoms with Gasteiger partial charge in [0.05, 0.1) is 6.10 Å². The molecule has 1 aliphatic carbocycles. The van der Waals surface area contributed by atoms with E-state index in [1.165, 1.54) is 31.6 Å². The van der Waals surface area contributed by atoms with Crippen molar-refractivity contribution < 1.29 is 9.53 Å². The summed E-state index contributed by atoms with van der Waals surface area (Å²) in [6.45, 7) is 6.78. The molecule has 1 amide bonds. The molecule has 1 saturated carbocycles. The molecule has 11 nitrogen and oxygen atoms in total. The zero-order valence-corrected chi connectivity index (χ0v) is 25.9. The van der Waals surface area contributed by atoms with Gasteiger partial charge in [0, 0.05) is 87.8 Å². The Morgan fingerprint density at radius 2 is 1.55 bits per heavy atom. The number of benzene rings is 1. The molecule has 11 heteroatoms. The van der Waals surface area contributed by atoms with E-state index >= 15 is 0 Å². The van der Waals surface area contributed by atoms with Crippen molar-refractivity contribution in [3.05, 3.63) is 54.5 Å². The van der Waals surface area contributed by atoms with Crippen molar-refractivity contribution >= 4 is 28.9 Å². The number of hydrogen-bond acceptors (Lipinski definition) is 10. The number of hydrogen-bond donors (Lipinski definition) is 3. The fourth-order valence-electron chi connectivity index (χ4n) is 6.71. The molecule has 44 heavy (non-hydrogen) atoms. The second-order valence-corrected chi connectivity index (χ2v) is 12.3. The van der Waals surface area contributed by atoms with Gasteiger partial charge >= 0.3 is 0 Å². The van der Waals surface area contributed by atoms with Crippen LogP contribution in [0.15, 0.2) is 48.8 Å². The highest BCUT2D eigenvalue weighted by atomic mass is 16.5. The number of pyridine rings is 1. The van der Waals surface area contributed by atoms with E-state index in [2.05, 4.69) is 49.5 Å². The standard InChI is InChI=1S/C33H45N9O2/c1-40-19-21-42(22-20-40)27-13-17-41(18-14-27)26-7-3-24(4-8-26)37-33-30(31(34)43)38-29(23-11-15-35-16-12-23)32(39-33)36-25-5-9-28(44-2)10-6-25/h3-4,7-8,11-12,15-16,25,27-28H,5-6,9-10,13-14,17-22H2,1-2H3,(H2,34,43)(H2,36,37,39). The Bertz CT molecular complexity index is 1380. The number of nitrogens with two attached hydrogens (primary N) is 1. The monoisotopic (exact) mass is 599 g/mol. The Balaban J connectivity index is 1.18. The van der Waals surface area contributed by atoms with Crippen molar-refractivity contribution in [2.75, 3.05) is 69.0 Å². The Kier molecular flexibility index (Phi) is 9.54. The number of piperidine rings is 1. The second kappa shape index (κ2) is 13.9. The molecule has 3 aliphatic rings. The molecule has 0 atom stereocenters. The molecule has 4 heterocycles. The Labute approximate surface area is 260 Å². The van der Waals surface area contributed by atoms with Crippen molar-refractivity contribution in [1.29, 1.82) is 0 Å². The zero-order chi connectivity index (χ0) is 30.5. The maximum atomic E-state index is 12.6. The molecule has 3 fully saturated rings. The fourth-order valence-corrected chi connectivity index (χ4v) is 6.71. The first-order valence-corrected chi connectivity index (χ1v) is 15.9. The van der Waals surface area contributed by atoms with Crippen molar-refractivity contribution in [2.24, 2.45) is 5.73 Å². The van der Waals surface area contributed by atoms with E-state index in [4.69, 9.17) is 20.4 Å². The quantitative estimate of drug-likeness (QED) is 0.333. The van der Waals surface area contributed by atoms with Crippen molar-refractivity contribution in [3.63, 3.8) is 0 Å². The second-order valence-electron chi connectivity index (χ2n) is 12.3. The van der Waals surface area contributed by atoms with Gasteiger partial charge in [-0.05, 0) is 82.0 Å². The maximum Gasteiger partial charge on any atom is 0.271 e. The number of nitrogens with one attached hydrogen (secondary N) is 2. The van der Waals surface area contributed by atoms with E-state index < -0.39 is 5.91 Å². The molecular weight excluding hydrogens is 554 g/mol. The summed E-state index contributed by atoms with van der Waals surface area (Å²) in [6.07, 6.45) is 9.97. The Hall–Kier alpha value is -3.80. The SMILES string of the molecule is COC1CCC(Nc2nc(Nc3ccc(N4CCC(N5CCN(C)CC5)CC4)cc3)c(C(N)=O)nc2-c2ccncc2)CC1. The number of carbonyl (C=O) groups excluding carboxylic acids is 1. The largest absolute Gasteiger partial charge is 0.381 e. The van der Waals surface area contributed by atoms with Gasteiger partial charge in [0.1, 0.15) is 5.69 Å². The van der Waals surface area contributed by atoms with Crippen LogP contribution in [0.25, 0.3) is 11.3 Å². The van der Waals surface area contributed by atoms with Crippen LogP contribution in [0, 0.1) is 0 Å². The normalized spacial score (nSPS) is 22.1. The van der Waals surface area contributed by atoms with E-state index in [1.807, 2.05) is 24.3 Å². The number of anilines is 4. The number of primary amides is 1. The van der Waals surface area contributed by atoms with Crippen molar-refractivity contribution in [1.82, 2.24) is 24.8 Å².